The van der Waals surface area contributed by atoms with Crippen LogP contribution in [0.2, 0.25) is 18.1 Å². The fraction of sp³-hybridized carbons (Fsp3) is 0.704. The second-order valence-corrected chi connectivity index (χ2v) is 17.0. The normalized spacial score (nSPS) is 15.5. The van der Waals surface area contributed by atoms with E-state index in [2.05, 4.69) is 39.2 Å². The molecule has 3 atom stereocenters. The maximum absolute atomic E-state index is 12.8. The first-order chi connectivity index (χ1) is 15.4. The van der Waals surface area contributed by atoms with Gasteiger partial charge in [0.2, 0.25) is 0 Å². The summed E-state index contributed by atoms with van der Waals surface area (Å²) in [4.78, 5) is 25.0. The van der Waals surface area contributed by atoms with E-state index < -0.39 is 44.0 Å². The van der Waals surface area contributed by atoms with Crippen LogP contribution in [-0.4, -0.2) is 43.2 Å². The van der Waals surface area contributed by atoms with Crippen molar-refractivity contribution < 1.29 is 23.9 Å². The first kappa shape index (κ1) is 30.2. The van der Waals surface area contributed by atoms with Crippen molar-refractivity contribution in [1.82, 2.24) is 5.32 Å². The van der Waals surface area contributed by atoms with Gasteiger partial charge in [-0.05, 0) is 69.6 Å². The second-order valence-electron chi connectivity index (χ2n) is 12.3. The van der Waals surface area contributed by atoms with Crippen molar-refractivity contribution in [3.63, 3.8) is 0 Å². The lowest BCUT2D eigenvalue weighted by Gasteiger charge is -2.42. The van der Waals surface area contributed by atoms with Crippen molar-refractivity contribution in [2.24, 2.45) is 11.8 Å². The summed E-state index contributed by atoms with van der Waals surface area (Å²) in [5.74, 6) is -1.15. The van der Waals surface area contributed by atoms with Crippen LogP contribution in [0.3, 0.4) is 0 Å². The molecule has 1 rings (SSSR count). The molecule has 34 heavy (non-hydrogen) atoms. The summed E-state index contributed by atoms with van der Waals surface area (Å²) in [6.45, 7) is 20.3. The van der Waals surface area contributed by atoms with Crippen LogP contribution in [-0.2, 0) is 20.4 Å². The van der Waals surface area contributed by atoms with E-state index in [1.54, 1.807) is 0 Å². The molecule has 0 saturated heterocycles. The quantitative estimate of drug-likeness (QED) is 0.337. The highest BCUT2D eigenvalue weighted by atomic mass is 28.4. The number of hydrogen-bond donors (Lipinski definition) is 2. The zero-order valence-electron chi connectivity index (χ0n) is 22.9. The largest absolute Gasteiger partial charge is 0.481 e. The molecule has 0 spiro atoms. The third kappa shape index (κ3) is 10.6. The molecule has 6 nitrogen and oxygen atoms in total. The van der Waals surface area contributed by atoms with E-state index in [4.69, 9.17) is 9.16 Å². The SMILES string of the molecule is CC(C)C[C@H](C[C@@H](O[Si](C)(C)C(C)(C)C)[C@H](Cc1ccccc1)NC(=O)OC(C)(C)C)C(=O)O. The molecule has 0 aliphatic heterocycles. The maximum Gasteiger partial charge on any atom is 0.407 e. The fourth-order valence-electron chi connectivity index (χ4n) is 3.60. The van der Waals surface area contributed by atoms with E-state index in [1.807, 2.05) is 65.0 Å². The van der Waals surface area contributed by atoms with Gasteiger partial charge in [0.15, 0.2) is 8.32 Å². The minimum atomic E-state index is -2.27. The molecular weight excluding hydrogens is 446 g/mol. The van der Waals surface area contributed by atoms with Gasteiger partial charge in [-0.15, -0.1) is 0 Å². The monoisotopic (exact) mass is 493 g/mol. The predicted octanol–water partition coefficient (Wildman–Crippen LogP) is 6.65. The van der Waals surface area contributed by atoms with E-state index in [0.29, 0.717) is 19.3 Å². The van der Waals surface area contributed by atoms with Gasteiger partial charge in [-0.2, -0.15) is 0 Å². The van der Waals surface area contributed by atoms with Crippen molar-refractivity contribution in [1.29, 1.82) is 0 Å². The van der Waals surface area contributed by atoms with E-state index >= 15 is 0 Å². The van der Waals surface area contributed by atoms with Crippen LogP contribution in [0, 0.1) is 11.8 Å². The van der Waals surface area contributed by atoms with Gasteiger partial charge in [0.1, 0.15) is 5.60 Å². The lowest BCUT2D eigenvalue weighted by Crippen LogP contribution is -2.54. The highest BCUT2D eigenvalue weighted by Crippen LogP contribution is 2.39. The third-order valence-electron chi connectivity index (χ3n) is 6.32. The van der Waals surface area contributed by atoms with E-state index in [-0.39, 0.29) is 11.0 Å². The Morgan fingerprint density at radius 1 is 1.00 bits per heavy atom. The third-order valence-corrected chi connectivity index (χ3v) is 10.8. The molecule has 2 N–H and O–H groups in total. The Kier molecular flexibility index (Phi) is 10.8. The second kappa shape index (κ2) is 12.2. The number of alkyl carbamates (subject to hydrolysis) is 1. The van der Waals surface area contributed by atoms with Gasteiger partial charge < -0.3 is 19.6 Å². The Bertz CT molecular complexity index is 780. The van der Waals surface area contributed by atoms with Crippen LogP contribution in [0.15, 0.2) is 30.3 Å². The number of carboxylic acids is 1. The van der Waals surface area contributed by atoms with Gasteiger partial charge in [0, 0.05) is 0 Å². The molecule has 0 bridgehead atoms. The molecule has 0 aliphatic rings. The average molecular weight is 494 g/mol. The number of carboxylic acid groups (broad SMARTS) is 1. The topological polar surface area (TPSA) is 84.9 Å². The number of ether oxygens (including phenoxy) is 1. The van der Waals surface area contributed by atoms with Crippen molar-refractivity contribution in [3.05, 3.63) is 35.9 Å². The summed E-state index contributed by atoms with van der Waals surface area (Å²) >= 11 is 0. The van der Waals surface area contributed by atoms with E-state index in [1.165, 1.54) is 0 Å². The lowest BCUT2D eigenvalue weighted by atomic mass is 9.88. The Balaban J connectivity index is 3.40. The molecule has 0 heterocycles. The zero-order valence-corrected chi connectivity index (χ0v) is 23.9. The molecule has 0 aliphatic carbocycles. The number of carbonyl (C=O) groups excluding carboxylic acids is 1. The first-order valence-corrected chi connectivity index (χ1v) is 15.3. The first-order valence-electron chi connectivity index (χ1n) is 12.4. The summed E-state index contributed by atoms with van der Waals surface area (Å²) in [5, 5.41) is 13.0. The molecule has 0 unspecified atom stereocenters. The molecule has 1 aromatic rings. The van der Waals surface area contributed by atoms with Gasteiger partial charge in [-0.3, -0.25) is 4.79 Å². The highest BCUT2D eigenvalue weighted by molar-refractivity contribution is 6.74. The summed E-state index contributed by atoms with van der Waals surface area (Å²) in [6.07, 6.45) is 0.416. The van der Waals surface area contributed by atoms with Crippen molar-refractivity contribution in [3.8, 4) is 0 Å². The van der Waals surface area contributed by atoms with Gasteiger partial charge in [-0.25, -0.2) is 4.79 Å². The Hall–Kier alpha value is -1.86. The lowest BCUT2D eigenvalue weighted by molar-refractivity contribution is -0.143. The minimum Gasteiger partial charge on any atom is -0.481 e. The van der Waals surface area contributed by atoms with Crippen LogP contribution in [0.1, 0.15) is 73.8 Å². The maximum atomic E-state index is 12.8. The standard InChI is InChI=1S/C27H47NO5Si/c1-19(2)16-21(24(29)30)18-23(33-34(9,10)27(6,7)8)22(17-20-14-12-11-13-15-20)28-25(31)32-26(3,4)5/h11-15,19,21-23H,16-18H2,1-10H3,(H,28,31)(H,29,30)/t21-,22+,23-/m1/s1. The average Bonchev–Trinajstić information content (AvgIpc) is 2.64. The fourth-order valence-corrected chi connectivity index (χ4v) is 4.97. The number of aliphatic carboxylic acids is 1. The van der Waals surface area contributed by atoms with Crippen molar-refractivity contribution in [2.45, 2.75) is 111 Å². The van der Waals surface area contributed by atoms with Crippen LogP contribution < -0.4 is 5.32 Å². The number of rotatable bonds is 11. The molecule has 0 saturated carbocycles. The Morgan fingerprint density at radius 3 is 2.00 bits per heavy atom. The molecule has 194 valence electrons. The van der Waals surface area contributed by atoms with E-state index in [9.17, 15) is 14.7 Å². The number of hydrogen-bond acceptors (Lipinski definition) is 4. The molecule has 1 aromatic carbocycles. The molecule has 0 aromatic heterocycles. The zero-order chi connectivity index (χ0) is 26.3. The Morgan fingerprint density at radius 2 is 1.56 bits per heavy atom. The van der Waals surface area contributed by atoms with E-state index in [0.717, 1.165) is 5.56 Å². The number of nitrogens with one attached hydrogen (secondary N) is 1. The van der Waals surface area contributed by atoms with Gasteiger partial charge >= 0.3 is 12.1 Å². The van der Waals surface area contributed by atoms with Gasteiger partial charge in [0.05, 0.1) is 18.1 Å². The van der Waals surface area contributed by atoms with Crippen LogP contribution in [0.25, 0.3) is 0 Å². The molecule has 1 amide bonds. The molecule has 7 heteroatoms. The predicted molar refractivity (Wildman–Crippen MR) is 141 cm³/mol. The number of amides is 1. The summed E-state index contributed by atoms with van der Waals surface area (Å²) in [7, 11) is -2.27. The van der Waals surface area contributed by atoms with Crippen molar-refractivity contribution >= 4 is 20.4 Å². The number of carbonyl (C=O) groups is 2. The van der Waals surface area contributed by atoms with Gasteiger partial charge in [0.25, 0.3) is 0 Å². The highest BCUT2D eigenvalue weighted by Gasteiger charge is 2.42. The van der Waals surface area contributed by atoms with Crippen LogP contribution in [0.5, 0.6) is 0 Å². The summed E-state index contributed by atoms with van der Waals surface area (Å²) in [5.41, 5.74) is 0.404. The summed E-state index contributed by atoms with van der Waals surface area (Å²) < 4.78 is 12.4. The smallest absolute Gasteiger partial charge is 0.407 e. The summed E-state index contributed by atoms with van der Waals surface area (Å²) in [6, 6.07) is 9.46. The van der Waals surface area contributed by atoms with Crippen LogP contribution in [0.4, 0.5) is 4.79 Å². The van der Waals surface area contributed by atoms with Crippen LogP contribution >= 0.6 is 0 Å². The molecule has 0 fully saturated rings. The Labute approximate surface area is 207 Å². The van der Waals surface area contributed by atoms with Crippen molar-refractivity contribution in [2.75, 3.05) is 0 Å². The molecule has 0 radical (unpaired) electrons. The van der Waals surface area contributed by atoms with Gasteiger partial charge in [-0.1, -0.05) is 65.0 Å². The number of benzene rings is 1. The minimum absolute atomic E-state index is 0.0643. The molecular formula is C27H47NO5Si.